The van der Waals surface area contributed by atoms with Crippen LogP contribution in [0.5, 0.6) is 0 Å². The first-order valence-corrected chi connectivity index (χ1v) is 9.69. The number of nitrogens with one attached hydrogen (secondary N) is 4. The van der Waals surface area contributed by atoms with Crippen molar-refractivity contribution in [1.29, 1.82) is 5.41 Å². The molecule has 1 aliphatic heterocycles. The summed E-state index contributed by atoms with van der Waals surface area (Å²) in [5, 5.41) is 16.9. The van der Waals surface area contributed by atoms with Crippen molar-refractivity contribution in [3.63, 3.8) is 0 Å². The lowest BCUT2D eigenvalue weighted by atomic mass is 10.1. The highest BCUT2D eigenvalue weighted by molar-refractivity contribution is 5.93. The molecule has 146 valence electrons. The van der Waals surface area contributed by atoms with Crippen molar-refractivity contribution >= 4 is 23.8 Å². The monoisotopic (exact) mass is 379 g/mol. The van der Waals surface area contributed by atoms with Gasteiger partial charge in [-0.05, 0) is 30.9 Å². The van der Waals surface area contributed by atoms with E-state index in [9.17, 15) is 4.79 Å². The van der Waals surface area contributed by atoms with Gasteiger partial charge in [0.25, 0.3) is 0 Å². The number of aromatic nitrogens is 1. The Morgan fingerprint density at radius 1 is 1.32 bits per heavy atom. The van der Waals surface area contributed by atoms with E-state index in [1.165, 1.54) is 6.21 Å². The second kappa shape index (κ2) is 7.98. The van der Waals surface area contributed by atoms with Gasteiger partial charge in [0, 0.05) is 24.2 Å². The number of carbonyl (C=O) groups excluding carboxylic acids is 1. The molecule has 0 unspecified atom stereocenters. The molecule has 0 spiro atoms. The molecule has 2 heterocycles. The normalized spacial score (nSPS) is 23.9. The van der Waals surface area contributed by atoms with Gasteiger partial charge in [-0.2, -0.15) is 0 Å². The molecule has 4 N–H and O–H groups in total. The molecule has 1 aromatic heterocycles. The highest BCUT2D eigenvalue weighted by atomic mass is 16.5. The zero-order chi connectivity index (χ0) is 19.5. The average Bonchev–Trinajstić information content (AvgIpc) is 3.47. The fourth-order valence-electron chi connectivity index (χ4n) is 3.72. The quantitative estimate of drug-likeness (QED) is 0.611. The van der Waals surface area contributed by atoms with Crippen LogP contribution in [0.1, 0.15) is 42.1 Å². The lowest BCUT2D eigenvalue weighted by molar-refractivity contribution is 0.104. The van der Waals surface area contributed by atoms with E-state index in [2.05, 4.69) is 16.0 Å². The number of pyridine rings is 1. The third-order valence-electron chi connectivity index (χ3n) is 5.23. The van der Waals surface area contributed by atoms with E-state index in [0.29, 0.717) is 24.9 Å². The van der Waals surface area contributed by atoms with E-state index in [1.54, 1.807) is 6.07 Å². The number of benzene rings is 1. The van der Waals surface area contributed by atoms with Crippen LogP contribution in [-0.2, 0) is 4.74 Å². The Morgan fingerprint density at radius 3 is 2.89 bits per heavy atom. The van der Waals surface area contributed by atoms with E-state index in [4.69, 9.17) is 15.1 Å². The Balaban J connectivity index is 1.66. The molecule has 1 saturated carbocycles. The van der Waals surface area contributed by atoms with E-state index >= 15 is 0 Å². The molecule has 2 bridgehead atoms. The van der Waals surface area contributed by atoms with Gasteiger partial charge in [-0.25, -0.2) is 9.78 Å². The smallest absolute Gasteiger partial charge is 0.320 e. The Morgan fingerprint density at radius 2 is 2.14 bits per heavy atom. The number of nitrogens with zero attached hydrogens (tertiary/aromatic N) is 1. The van der Waals surface area contributed by atoms with Gasteiger partial charge >= 0.3 is 6.03 Å². The zero-order valence-corrected chi connectivity index (χ0v) is 15.9. The minimum atomic E-state index is -0.337. The van der Waals surface area contributed by atoms with Crippen molar-refractivity contribution in [2.24, 2.45) is 5.92 Å². The number of urea groups is 1. The summed E-state index contributed by atoms with van der Waals surface area (Å²) >= 11 is 0. The molecule has 7 nitrogen and oxygen atoms in total. The van der Waals surface area contributed by atoms with Crippen LogP contribution in [0.25, 0.3) is 0 Å². The summed E-state index contributed by atoms with van der Waals surface area (Å²) in [4.78, 5) is 17.3. The van der Waals surface area contributed by atoms with Crippen LogP contribution >= 0.6 is 0 Å². The van der Waals surface area contributed by atoms with Crippen LogP contribution in [0.2, 0.25) is 0 Å². The zero-order valence-electron chi connectivity index (χ0n) is 15.9. The number of rotatable bonds is 4. The van der Waals surface area contributed by atoms with Crippen LogP contribution in [0.3, 0.4) is 0 Å². The fraction of sp³-hybridized carbons (Fsp3) is 0.381. The predicted molar refractivity (Wildman–Crippen MR) is 109 cm³/mol. The summed E-state index contributed by atoms with van der Waals surface area (Å²) in [7, 11) is 0. The van der Waals surface area contributed by atoms with E-state index < -0.39 is 0 Å². The van der Waals surface area contributed by atoms with Crippen molar-refractivity contribution < 1.29 is 9.53 Å². The molecule has 2 amide bonds. The summed E-state index contributed by atoms with van der Waals surface area (Å²) in [6.45, 7) is 3.82. The van der Waals surface area contributed by atoms with Crippen LogP contribution < -0.4 is 16.0 Å². The summed E-state index contributed by atoms with van der Waals surface area (Å²) < 4.78 is 5.97. The molecule has 1 aliphatic carbocycles. The topological polar surface area (TPSA) is 99.1 Å². The van der Waals surface area contributed by atoms with Gasteiger partial charge in [0.15, 0.2) is 0 Å². The number of hydrogen-bond donors (Lipinski definition) is 4. The van der Waals surface area contributed by atoms with Crippen LogP contribution in [0.4, 0.5) is 16.3 Å². The lowest BCUT2D eigenvalue weighted by Gasteiger charge is -2.21. The maximum absolute atomic E-state index is 12.6. The molecule has 2 aliphatic rings. The summed E-state index contributed by atoms with van der Waals surface area (Å²) in [6.07, 6.45) is 2.31. The van der Waals surface area contributed by atoms with Crippen LogP contribution in [0.15, 0.2) is 36.4 Å². The van der Waals surface area contributed by atoms with Gasteiger partial charge in [0.2, 0.25) is 0 Å². The summed E-state index contributed by atoms with van der Waals surface area (Å²) in [5.41, 5.74) is 3.52. The average molecular weight is 379 g/mol. The Labute approximate surface area is 164 Å². The maximum atomic E-state index is 12.6. The minimum Gasteiger partial charge on any atom is -0.383 e. The number of hydrogen-bond acceptors (Lipinski definition) is 5. The number of amides is 2. The van der Waals surface area contributed by atoms with Gasteiger partial charge in [0.05, 0.1) is 30.6 Å². The molecule has 0 saturated heterocycles. The molecule has 3 atom stereocenters. The van der Waals surface area contributed by atoms with Crippen molar-refractivity contribution in [1.82, 2.24) is 10.3 Å². The lowest BCUT2D eigenvalue weighted by Crippen LogP contribution is -2.35. The Bertz CT molecular complexity index is 871. The molecule has 0 radical (unpaired) electrons. The number of anilines is 2. The Kier molecular flexibility index (Phi) is 5.25. The van der Waals surface area contributed by atoms with Crippen molar-refractivity contribution in [3.05, 3.63) is 53.2 Å². The number of fused-ring (bicyclic) bond motifs is 4. The Hall–Kier alpha value is -2.93. The first-order chi connectivity index (χ1) is 13.7. The highest BCUT2D eigenvalue weighted by Crippen LogP contribution is 2.50. The van der Waals surface area contributed by atoms with E-state index in [-0.39, 0.29) is 18.0 Å². The second-order valence-corrected chi connectivity index (χ2v) is 7.23. The maximum Gasteiger partial charge on any atom is 0.320 e. The molecule has 1 aromatic carbocycles. The fourth-order valence-corrected chi connectivity index (χ4v) is 3.72. The van der Waals surface area contributed by atoms with Gasteiger partial charge in [-0.1, -0.05) is 30.3 Å². The van der Waals surface area contributed by atoms with E-state index in [1.807, 2.05) is 37.3 Å². The molecule has 7 heteroatoms. The summed E-state index contributed by atoms with van der Waals surface area (Å²) in [5.74, 6) is 1.16. The van der Waals surface area contributed by atoms with Gasteiger partial charge in [-0.3, -0.25) is 5.32 Å². The van der Waals surface area contributed by atoms with Crippen LogP contribution in [0, 0.1) is 11.3 Å². The number of ether oxygens (including phenoxy) is 1. The SMILES string of the molecule is CCNc1c(C=N)cc2nc1[C@@H]1C[C@@H]1COC[C@H](c1ccccc1)NC(=O)N2. The van der Waals surface area contributed by atoms with Gasteiger partial charge in [-0.15, -0.1) is 0 Å². The summed E-state index contributed by atoms with van der Waals surface area (Å²) in [6, 6.07) is 11.0. The molecule has 28 heavy (non-hydrogen) atoms. The first kappa shape index (κ1) is 18.4. The molecule has 4 rings (SSSR count). The van der Waals surface area contributed by atoms with Crippen molar-refractivity contribution in [2.75, 3.05) is 30.4 Å². The van der Waals surface area contributed by atoms with E-state index in [0.717, 1.165) is 35.5 Å². The van der Waals surface area contributed by atoms with Crippen molar-refractivity contribution in [2.45, 2.75) is 25.3 Å². The van der Waals surface area contributed by atoms with Gasteiger partial charge in [0.1, 0.15) is 5.82 Å². The molecular weight excluding hydrogens is 354 g/mol. The first-order valence-electron chi connectivity index (χ1n) is 9.69. The van der Waals surface area contributed by atoms with Gasteiger partial charge < -0.3 is 20.8 Å². The highest BCUT2D eigenvalue weighted by Gasteiger charge is 2.42. The molecule has 2 aromatic rings. The second-order valence-electron chi connectivity index (χ2n) is 7.23. The van der Waals surface area contributed by atoms with Crippen LogP contribution in [-0.4, -0.2) is 37.0 Å². The molecular formula is C21H25N5O2. The standard InChI is InChI=1S/C21H25N5O2/c1-2-23-19-14(10-22)9-18-25-20(19)16-8-15(16)11-28-12-17(24-21(27)26-18)13-6-4-3-5-7-13/h3-7,9-10,15-17,22-23H,2,8,11-12H2,1H3,(H2,24,25,26,27)/t15-,16-,17-/m1/s1. The number of carbonyl (C=O) groups is 1. The third kappa shape index (κ3) is 3.84. The minimum absolute atomic E-state index is 0.236. The third-order valence-corrected chi connectivity index (χ3v) is 5.23. The van der Waals surface area contributed by atoms with Crippen molar-refractivity contribution in [3.8, 4) is 0 Å². The molecule has 1 fully saturated rings. The largest absolute Gasteiger partial charge is 0.383 e. The predicted octanol–water partition coefficient (Wildman–Crippen LogP) is 3.51.